The minimum absolute atomic E-state index is 0.428. The third kappa shape index (κ3) is 2.26. The molecule has 5 heteroatoms. The van der Waals surface area contributed by atoms with Crippen molar-refractivity contribution in [3.05, 3.63) is 70.4 Å². The van der Waals surface area contributed by atoms with Gasteiger partial charge in [-0.2, -0.15) is 0 Å². The van der Waals surface area contributed by atoms with Crippen molar-refractivity contribution < 1.29 is 0 Å². The zero-order valence-corrected chi connectivity index (χ0v) is 12.6. The third-order valence-corrected chi connectivity index (χ3v) is 4.14. The molecule has 0 saturated heterocycles. The highest BCUT2D eigenvalue weighted by atomic mass is 35.5. The summed E-state index contributed by atoms with van der Waals surface area (Å²) in [6.45, 7) is 0. The van der Waals surface area contributed by atoms with E-state index in [2.05, 4.69) is 33.8 Å². The highest BCUT2D eigenvalue weighted by Crippen LogP contribution is 2.34. The molecule has 0 amide bonds. The van der Waals surface area contributed by atoms with Gasteiger partial charge in [0.1, 0.15) is 5.84 Å². The number of nitrogens with one attached hydrogen (secondary N) is 2. The summed E-state index contributed by atoms with van der Waals surface area (Å²) in [6.07, 6.45) is 0.434. The van der Waals surface area contributed by atoms with E-state index in [1.54, 1.807) is 0 Å². The van der Waals surface area contributed by atoms with E-state index in [1.807, 2.05) is 30.3 Å². The zero-order chi connectivity index (χ0) is 15.1. The fourth-order valence-corrected chi connectivity index (χ4v) is 3.06. The van der Waals surface area contributed by atoms with E-state index >= 15 is 0 Å². The van der Waals surface area contributed by atoms with Crippen molar-refractivity contribution in [2.75, 3.05) is 5.32 Å². The van der Waals surface area contributed by atoms with Crippen LogP contribution in [0.2, 0.25) is 5.02 Å². The number of fused-ring (bicyclic) bond motifs is 2. The summed E-state index contributed by atoms with van der Waals surface area (Å²) in [6, 6.07) is 15.9. The van der Waals surface area contributed by atoms with E-state index in [-0.39, 0.29) is 0 Å². The molecular formula is C17H15ClN4. The van der Waals surface area contributed by atoms with Crippen LogP contribution in [0.3, 0.4) is 0 Å². The lowest BCUT2D eigenvalue weighted by molar-refractivity contribution is 0.604. The topological polar surface area (TPSA) is 62.4 Å². The number of hydrogen-bond acceptors (Lipinski definition) is 4. The van der Waals surface area contributed by atoms with Crippen LogP contribution in [0.5, 0.6) is 0 Å². The molecule has 22 heavy (non-hydrogen) atoms. The van der Waals surface area contributed by atoms with Crippen LogP contribution in [0, 0.1) is 0 Å². The molecule has 1 aliphatic heterocycles. The number of allylic oxidation sites excluding steroid dienone is 1. The first-order chi connectivity index (χ1) is 10.7. The Balaban J connectivity index is 1.72. The van der Waals surface area contributed by atoms with E-state index in [4.69, 9.17) is 17.3 Å². The first kappa shape index (κ1) is 13.4. The highest BCUT2D eigenvalue weighted by molar-refractivity contribution is 6.31. The number of nitrogens with two attached hydrogens (primary N) is 1. The molecule has 0 radical (unpaired) electrons. The van der Waals surface area contributed by atoms with Crippen LogP contribution in [0.4, 0.5) is 5.69 Å². The smallest absolute Gasteiger partial charge is 0.173 e. The lowest BCUT2D eigenvalue weighted by Gasteiger charge is -2.23. The molecule has 4 nitrogen and oxygen atoms in total. The summed E-state index contributed by atoms with van der Waals surface area (Å²) < 4.78 is 0. The second kappa shape index (κ2) is 5.16. The molecule has 1 unspecified atom stereocenters. The minimum Gasteiger partial charge on any atom is -0.354 e. The lowest BCUT2D eigenvalue weighted by Crippen LogP contribution is -2.41. The Morgan fingerprint density at radius 3 is 2.73 bits per heavy atom. The fraction of sp³-hybridized carbons (Fsp3) is 0.118. The molecular weight excluding hydrogens is 296 g/mol. The predicted octanol–water partition coefficient (Wildman–Crippen LogP) is 2.96. The summed E-state index contributed by atoms with van der Waals surface area (Å²) in [5.41, 5.74) is 11.7. The standard InChI is InChI=1S/C17H15ClN4/c18-11-5-7-12(8-6-11)20-16-15-13-4-2-1-3-10(13)9-14(15)21-17(19)22-16/h1-8,17,21H,9,19H2,(H,20,22). The van der Waals surface area contributed by atoms with Crippen LogP contribution in [0.1, 0.15) is 11.1 Å². The molecule has 1 heterocycles. The average molecular weight is 311 g/mol. The van der Waals surface area contributed by atoms with E-state index < -0.39 is 6.29 Å². The minimum atomic E-state index is -0.428. The number of aliphatic imine (C=N–C) groups is 1. The van der Waals surface area contributed by atoms with Crippen LogP contribution in [-0.2, 0) is 6.42 Å². The molecule has 1 aliphatic carbocycles. The molecule has 4 rings (SSSR count). The molecule has 110 valence electrons. The van der Waals surface area contributed by atoms with Crippen molar-refractivity contribution >= 4 is 28.7 Å². The van der Waals surface area contributed by atoms with Gasteiger partial charge >= 0.3 is 0 Å². The van der Waals surface area contributed by atoms with Crippen LogP contribution in [-0.4, -0.2) is 12.1 Å². The largest absolute Gasteiger partial charge is 0.354 e. The van der Waals surface area contributed by atoms with Crippen molar-refractivity contribution in [1.82, 2.24) is 5.32 Å². The second-order valence-corrected chi connectivity index (χ2v) is 5.82. The Bertz CT molecular complexity index is 793. The van der Waals surface area contributed by atoms with Crippen molar-refractivity contribution in [3.8, 4) is 0 Å². The summed E-state index contributed by atoms with van der Waals surface area (Å²) in [4.78, 5) is 4.52. The van der Waals surface area contributed by atoms with Gasteiger partial charge in [-0.25, -0.2) is 4.99 Å². The number of benzene rings is 2. The van der Waals surface area contributed by atoms with Crippen molar-refractivity contribution in [1.29, 1.82) is 0 Å². The Hall–Kier alpha value is -2.30. The second-order valence-electron chi connectivity index (χ2n) is 5.39. The molecule has 0 bridgehead atoms. The number of rotatable bonds is 1. The summed E-state index contributed by atoms with van der Waals surface area (Å²) in [7, 11) is 0. The van der Waals surface area contributed by atoms with Crippen LogP contribution >= 0.6 is 11.6 Å². The van der Waals surface area contributed by atoms with Gasteiger partial charge in [-0.15, -0.1) is 0 Å². The predicted molar refractivity (Wildman–Crippen MR) is 90.7 cm³/mol. The van der Waals surface area contributed by atoms with Gasteiger partial charge in [-0.3, -0.25) is 5.73 Å². The van der Waals surface area contributed by atoms with Crippen molar-refractivity contribution in [2.24, 2.45) is 10.7 Å². The number of nitrogens with zero attached hydrogens (tertiary/aromatic N) is 1. The van der Waals surface area contributed by atoms with Crippen LogP contribution in [0.15, 0.2) is 59.2 Å². The summed E-state index contributed by atoms with van der Waals surface area (Å²) in [5, 5.41) is 7.33. The summed E-state index contributed by atoms with van der Waals surface area (Å²) >= 11 is 5.94. The molecule has 2 aromatic rings. The zero-order valence-electron chi connectivity index (χ0n) is 11.8. The monoisotopic (exact) mass is 310 g/mol. The molecule has 0 aromatic heterocycles. The van der Waals surface area contributed by atoms with Crippen LogP contribution in [0.25, 0.3) is 5.57 Å². The maximum absolute atomic E-state index is 6.00. The fourth-order valence-electron chi connectivity index (χ4n) is 2.93. The average Bonchev–Trinajstić information content (AvgIpc) is 2.87. The first-order valence-electron chi connectivity index (χ1n) is 7.15. The molecule has 0 spiro atoms. The lowest BCUT2D eigenvalue weighted by atomic mass is 10.0. The molecule has 0 fully saturated rings. The Kier molecular flexibility index (Phi) is 3.13. The molecule has 2 aromatic carbocycles. The number of anilines is 1. The van der Waals surface area contributed by atoms with E-state index in [1.165, 1.54) is 11.1 Å². The SMILES string of the molecule is NC1N=C(Nc2ccc(Cl)cc2)C2=C(Cc3ccccc32)N1. The van der Waals surface area contributed by atoms with Gasteiger partial charge < -0.3 is 10.6 Å². The normalized spacial score (nSPS) is 19.2. The third-order valence-electron chi connectivity index (χ3n) is 3.89. The van der Waals surface area contributed by atoms with Crippen molar-refractivity contribution in [3.63, 3.8) is 0 Å². The maximum Gasteiger partial charge on any atom is 0.173 e. The van der Waals surface area contributed by atoms with E-state index in [0.717, 1.165) is 29.2 Å². The highest BCUT2D eigenvalue weighted by Gasteiger charge is 2.29. The van der Waals surface area contributed by atoms with E-state index in [9.17, 15) is 0 Å². The Morgan fingerprint density at radius 1 is 1.14 bits per heavy atom. The van der Waals surface area contributed by atoms with Gasteiger partial charge in [-0.05, 0) is 35.4 Å². The van der Waals surface area contributed by atoms with Crippen molar-refractivity contribution in [2.45, 2.75) is 12.7 Å². The van der Waals surface area contributed by atoms with Crippen LogP contribution < -0.4 is 16.4 Å². The molecule has 0 saturated carbocycles. The number of hydrogen-bond donors (Lipinski definition) is 3. The van der Waals surface area contributed by atoms with Gasteiger partial charge in [0.25, 0.3) is 0 Å². The van der Waals surface area contributed by atoms with E-state index in [0.29, 0.717) is 5.02 Å². The maximum atomic E-state index is 6.00. The first-order valence-corrected chi connectivity index (χ1v) is 7.53. The van der Waals surface area contributed by atoms with Gasteiger partial charge in [0.15, 0.2) is 6.29 Å². The quantitative estimate of drug-likeness (QED) is 0.759. The number of amidine groups is 1. The molecule has 2 aliphatic rings. The summed E-state index contributed by atoms with van der Waals surface area (Å²) in [5.74, 6) is 0.800. The van der Waals surface area contributed by atoms with Gasteiger partial charge in [0.2, 0.25) is 0 Å². The number of halogens is 1. The molecule has 4 N–H and O–H groups in total. The van der Waals surface area contributed by atoms with Gasteiger partial charge in [-0.1, -0.05) is 35.9 Å². The Labute approximate surface area is 133 Å². The van der Waals surface area contributed by atoms with Gasteiger partial charge in [0.05, 0.1) is 0 Å². The Morgan fingerprint density at radius 2 is 1.91 bits per heavy atom. The molecule has 1 atom stereocenters. The van der Waals surface area contributed by atoms with Gasteiger partial charge in [0, 0.05) is 28.4 Å².